The van der Waals surface area contributed by atoms with Crippen LogP contribution in [0.4, 0.5) is 14.9 Å². The van der Waals surface area contributed by atoms with Crippen LogP contribution in [0.3, 0.4) is 0 Å². The van der Waals surface area contributed by atoms with Crippen LogP contribution >= 0.6 is 0 Å². The van der Waals surface area contributed by atoms with E-state index in [1.54, 1.807) is 38.9 Å². The van der Waals surface area contributed by atoms with Crippen LogP contribution < -0.4 is 4.90 Å². The molecule has 3 aliphatic rings. The maximum absolute atomic E-state index is 14.4. The van der Waals surface area contributed by atoms with Crippen LogP contribution in [0, 0.1) is 5.82 Å². The number of halogens is 1. The Morgan fingerprint density at radius 1 is 1.03 bits per heavy atom. The van der Waals surface area contributed by atoms with Crippen molar-refractivity contribution < 1.29 is 18.7 Å². The number of anilines is 1. The number of benzene rings is 2. The van der Waals surface area contributed by atoms with Crippen molar-refractivity contribution in [2.24, 2.45) is 0 Å². The first kappa shape index (κ1) is 22.0. The van der Waals surface area contributed by atoms with E-state index in [4.69, 9.17) is 4.74 Å². The van der Waals surface area contributed by atoms with Crippen LogP contribution in [0.25, 0.3) is 16.6 Å². The van der Waals surface area contributed by atoms with E-state index in [9.17, 15) is 14.0 Å². The molecule has 3 aromatic rings. The zero-order valence-electron chi connectivity index (χ0n) is 19.5. The number of para-hydroxylation sites is 1. The third-order valence-corrected chi connectivity index (χ3v) is 7.44. The Bertz CT molecular complexity index is 1270. The summed E-state index contributed by atoms with van der Waals surface area (Å²) in [6, 6.07) is 12.0. The van der Waals surface area contributed by atoms with Gasteiger partial charge in [0.25, 0.3) is 0 Å². The lowest BCUT2D eigenvalue weighted by Crippen LogP contribution is -2.57. The van der Waals surface area contributed by atoms with Gasteiger partial charge in [-0.05, 0) is 37.1 Å². The smallest absolute Gasteiger partial charge is 0.325 e. The summed E-state index contributed by atoms with van der Waals surface area (Å²) in [5, 5.41) is 5.16. The molecule has 9 heteroatoms. The van der Waals surface area contributed by atoms with E-state index >= 15 is 0 Å². The van der Waals surface area contributed by atoms with Gasteiger partial charge in [0.05, 0.1) is 36.2 Å². The Labute approximate surface area is 202 Å². The Kier molecular flexibility index (Phi) is 5.64. The maximum Gasteiger partial charge on any atom is 0.325 e. The minimum absolute atomic E-state index is 0.00835. The molecule has 182 valence electrons. The third kappa shape index (κ3) is 3.83. The van der Waals surface area contributed by atoms with Gasteiger partial charge in [0.2, 0.25) is 5.91 Å². The van der Waals surface area contributed by atoms with Crippen LogP contribution in [-0.2, 0) is 9.53 Å². The first-order valence-electron chi connectivity index (χ1n) is 12.3. The molecule has 0 bridgehead atoms. The highest BCUT2D eigenvalue weighted by Gasteiger charge is 2.39. The lowest BCUT2D eigenvalue weighted by atomic mass is 9.90. The monoisotopic (exact) mass is 477 g/mol. The van der Waals surface area contributed by atoms with Crippen LogP contribution in [0.15, 0.2) is 48.7 Å². The number of hydrogen-bond donors (Lipinski definition) is 0. The standard InChI is InChI=1S/C26H28FN5O3/c27-19-6-1-2-7-22(19)32-21-10-5-9-20(18(21)16-28-32)31-13-12-29(26(31)34)17-25(33)30-14-15-35-24-11-4-3-8-23(24)30/h1-2,5-7,9-10,16,23-24H,3-4,8,11-15,17H2. The average molecular weight is 478 g/mol. The highest BCUT2D eigenvalue weighted by atomic mass is 19.1. The lowest BCUT2D eigenvalue weighted by molar-refractivity contribution is -0.149. The minimum atomic E-state index is -0.367. The van der Waals surface area contributed by atoms with Crippen LogP contribution in [-0.4, -0.2) is 76.5 Å². The number of urea groups is 1. The van der Waals surface area contributed by atoms with Gasteiger partial charge in [-0.1, -0.05) is 31.0 Å². The molecule has 2 unspecified atom stereocenters. The molecule has 1 aliphatic carbocycles. The number of ether oxygens (including phenoxy) is 1. The largest absolute Gasteiger partial charge is 0.374 e. The summed E-state index contributed by atoms with van der Waals surface area (Å²) in [6.07, 6.45) is 5.99. The maximum atomic E-state index is 14.4. The highest BCUT2D eigenvalue weighted by molar-refractivity contribution is 6.04. The van der Waals surface area contributed by atoms with Crippen LogP contribution in [0.2, 0.25) is 0 Å². The second-order valence-corrected chi connectivity index (χ2v) is 9.42. The van der Waals surface area contributed by atoms with E-state index in [-0.39, 0.29) is 36.4 Å². The molecule has 2 atom stereocenters. The fourth-order valence-electron chi connectivity index (χ4n) is 5.70. The Morgan fingerprint density at radius 3 is 2.74 bits per heavy atom. The van der Waals surface area contributed by atoms with Crippen molar-refractivity contribution in [2.75, 3.05) is 37.7 Å². The summed E-state index contributed by atoms with van der Waals surface area (Å²) in [7, 11) is 0. The predicted octanol–water partition coefficient (Wildman–Crippen LogP) is 3.58. The number of aromatic nitrogens is 2. The van der Waals surface area contributed by atoms with Gasteiger partial charge in [0, 0.05) is 25.0 Å². The van der Waals surface area contributed by atoms with Crippen molar-refractivity contribution in [3.63, 3.8) is 0 Å². The number of amides is 3. The Balaban J connectivity index is 1.21. The molecule has 1 saturated carbocycles. The van der Waals surface area contributed by atoms with Crippen LogP contribution in [0.1, 0.15) is 25.7 Å². The SMILES string of the molecule is O=C1N(CC(=O)N2CCOC3CCCCC32)CCN1c1cccc2c1cnn2-c1ccccc1F. The van der Waals surface area contributed by atoms with E-state index in [0.717, 1.165) is 31.1 Å². The topological polar surface area (TPSA) is 70.9 Å². The second kappa shape index (κ2) is 8.96. The summed E-state index contributed by atoms with van der Waals surface area (Å²) in [5.74, 6) is -0.376. The number of rotatable bonds is 4. The molecule has 35 heavy (non-hydrogen) atoms. The van der Waals surface area contributed by atoms with Crippen molar-refractivity contribution >= 4 is 28.5 Å². The van der Waals surface area contributed by atoms with Gasteiger partial charge in [-0.25, -0.2) is 13.9 Å². The average Bonchev–Trinajstić information content (AvgIpc) is 3.47. The van der Waals surface area contributed by atoms with Gasteiger partial charge in [-0.3, -0.25) is 9.69 Å². The summed E-state index contributed by atoms with van der Waals surface area (Å²) in [4.78, 5) is 31.8. The molecule has 8 nitrogen and oxygen atoms in total. The molecule has 6 rings (SSSR count). The second-order valence-electron chi connectivity index (χ2n) is 9.42. The summed E-state index contributed by atoms with van der Waals surface area (Å²) < 4.78 is 21.8. The minimum Gasteiger partial charge on any atom is -0.374 e. The van der Waals surface area contributed by atoms with E-state index < -0.39 is 0 Å². The summed E-state index contributed by atoms with van der Waals surface area (Å²) >= 11 is 0. The van der Waals surface area contributed by atoms with Crippen molar-refractivity contribution in [3.05, 3.63) is 54.5 Å². The van der Waals surface area contributed by atoms with Gasteiger partial charge in [0.15, 0.2) is 0 Å². The van der Waals surface area contributed by atoms with E-state index in [1.165, 1.54) is 6.07 Å². The zero-order chi connectivity index (χ0) is 23.9. The molecule has 3 fully saturated rings. The third-order valence-electron chi connectivity index (χ3n) is 7.44. The van der Waals surface area contributed by atoms with Crippen molar-refractivity contribution in [3.8, 4) is 5.69 Å². The number of nitrogens with zero attached hydrogens (tertiary/aromatic N) is 5. The molecule has 2 saturated heterocycles. The molecular formula is C26H28FN5O3. The first-order chi connectivity index (χ1) is 17.1. The zero-order valence-corrected chi connectivity index (χ0v) is 19.5. The van der Waals surface area contributed by atoms with Gasteiger partial charge in [-0.2, -0.15) is 5.10 Å². The van der Waals surface area contributed by atoms with E-state index in [1.807, 2.05) is 23.1 Å². The lowest BCUT2D eigenvalue weighted by Gasteiger charge is -2.44. The molecule has 3 amide bonds. The summed E-state index contributed by atoms with van der Waals surface area (Å²) in [6.45, 7) is 2.16. The number of fused-ring (bicyclic) bond motifs is 2. The van der Waals surface area contributed by atoms with Crippen molar-refractivity contribution in [2.45, 2.75) is 37.8 Å². The van der Waals surface area contributed by atoms with Crippen molar-refractivity contribution in [1.82, 2.24) is 19.6 Å². The fraction of sp³-hybridized carbons (Fsp3) is 0.423. The van der Waals surface area contributed by atoms with Gasteiger partial charge < -0.3 is 14.5 Å². The predicted molar refractivity (Wildman–Crippen MR) is 129 cm³/mol. The Hall–Kier alpha value is -3.46. The number of carbonyl (C=O) groups excluding carboxylic acids is 2. The normalized spacial score (nSPS) is 22.7. The van der Waals surface area contributed by atoms with E-state index in [0.29, 0.717) is 43.1 Å². The molecule has 0 radical (unpaired) electrons. The first-order valence-corrected chi connectivity index (χ1v) is 12.3. The number of carbonyl (C=O) groups is 2. The van der Waals surface area contributed by atoms with Crippen molar-refractivity contribution in [1.29, 1.82) is 0 Å². The molecule has 3 heterocycles. The van der Waals surface area contributed by atoms with Gasteiger partial charge >= 0.3 is 6.03 Å². The number of morpholine rings is 1. The quantitative estimate of drug-likeness (QED) is 0.576. The number of hydrogen-bond acceptors (Lipinski definition) is 4. The Morgan fingerprint density at radius 2 is 1.86 bits per heavy atom. The molecular weight excluding hydrogens is 449 g/mol. The highest BCUT2D eigenvalue weighted by Crippen LogP contribution is 2.32. The van der Waals surface area contributed by atoms with Gasteiger partial charge in [-0.15, -0.1) is 0 Å². The molecule has 0 N–H and O–H groups in total. The molecule has 2 aromatic carbocycles. The molecule has 1 aromatic heterocycles. The molecule has 0 spiro atoms. The van der Waals surface area contributed by atoms with Gasteiger partial charge in [0.1, 0.15) is 18.0 Å². The van der Waals surface area contributed by atoms with Crippen LogP contribution in [0.5, 0.6) is 0 Å². The molecule has 2 aliphatic heterocycles. The fourth-order valence-corrected chi connectivity index (χ4v) is 5.70. The van der Waals surface area contributed by atoms with E-state index in [2.05, 4.69) is 5.10 Å². The summed E-state index contributed by atoms with van der Waals surface area (Å²) in [5.41, 5.74) is 1.78.